The molecule has 0 fully saturated rings. The third-order valence-electron chi connectivity index (χ3n) is 3.27. The number of rotatable bonds is 5. The van der Waals surface area contributed by atoms with Crippen LogP contribution in [0.25, 0.3) is 5.57 Å². The van der Waals surface area contributed by atoms with Crippen molar-refractivity contribution in [2.45, 2.75) is 33.1 Å². The Morgan fingerprint density at radius 1 is 1.20 bits per heavy atom. The minimum atomic E-state index is -0.252. The molecule has 3 nitrogen and oxygen atoms in total. The molecule has 0 aromatic heterocycles. The van der Waals surface area contributed by atoms with E-state index in [2.05, 4.69) is 6.92 Å². The van der Waals surface area contributed by atoms with E-state index < -0.39 is 0 Å². The maximum absolute atomic E-state index is 12.1. The summed E-state index contributed by atoms with van der Waals surface area (Å²) in [5, 5.41) is 0. The summed E-state index contributed by atoms with van der Waals surface area (Å²) in [6, 6.07) is 7.53. The lowest BCUT2D eigenvalue weighted by atomic mass is 9.97. The summed E-state index contributed by atoms with van der Waals surface area (Å²) >= 11 is 0. The number of carbonyl (C=O) groups excluding carboxylic acids is 1. The van der Waals surface area contributed by atoms with E-state index in [4.69, 9.17) is 9.47 Å². The zero-order valence-electron chi connectivity index (χ0n) is 12.2. The average Bonchev–Trinajstić information content (AvgIpc) is 2.76. The lowest BCUT2D eigenvalue weighted by Gasteiger charge is -2.05. The molecule has 1 aromatic rings. The van der Waals surface area contributed by atoms with Gasteiger partial charge in [-0.3, -0.25) is 0 Å². The van der Waals surface area contributed by atoms with Crippen LogP contribution in [0.5, 0.6) is 5.75 Å². The van der Waals surface area contributed by atoms with Crippen molar-refractivity contribution in [2.24, 2.45) is 0 Å². The molecule has 0 spiro atoms. The molecule has 0 saturated carbocycles. The van der Waals surface area contributed by atoms with Crippen molar-refractivity contribution < 1.29 is 14.3 Å². The number of allylic oxidation sites excluding steroid dienone is 2. The molecule has 0 unspecified atom stereocenters. The summed E-state index contributed by atoms with van der Waals surface area (Å²) in [7, 11) is 1.63. The molecule has 1 aromatic carbocycles. The minimum absolute atomic E-state index is 0.252. The molecule has 2 rings (SSSR count). The van der Waals surface area contributed by atoms with Gasteiger partial charge in [0.1, 0.15) is 11.5 Å². The smallest absolute Gasteiger partial charge is 0.344 e. The van der Waals surface area contributed by atoms with Gasteiger partial charge < -0.3 is 9.47 Å². The fraction of sp³-hybridized carbons (Fsp3) is 0.353. The quantitative estimate of drug-likeness (QED) is 0.757. The normalized spacial score (nSPS) is 16.8. The number of esters is 1. The molecule has 1 aliphatic rings. The summed E-state index contributed by atoms with van der Waals surface area (Å²) in [6.45, 7) is 4.14. The van der Waals surface area contributed by atoms with Crippen molar-refractivity contribution in [3.8, 4) is 5.75 Å². The fourth-order valence-electron chi connectivity index (χ4n) is 2.36. The third kappa shape index (κ3) is 2.77. The van der Waals surface area contributed by atoms with Crippen molar-refractivity contribution in [3.63, 3.8) is 0 Å². The van der Waals surface area contributed by atoms with E-state index in [9.17, 15) is 4.79 Å². The number of cyclic esters (lactones) is 1. The average molecular weight is 272 g/mol. The lowest BCUT2D eigenvalue weighted by Crippen LogP contribution is -1.98. The Kier molecular flexibility index (Phi) is 4.61. The number of hydrogen-bond donors (Lipinski definition) is 0. The maximum Gasteiger partial charge on any atom is 0.344 e. The first-order valence-electron chi connectivity index (χ1n) is 7.01. The Morgan fingerprint density at radius 2 is 1.90 bits per heavy atom. The molecule has 0 aliphatic carbocycles. The minimum Gasteiger partial charge on any atom is -0.497 e. The lowest BCUT2D eigenvalue weighted by molar-refractivity contribution is -0.131. The van der Waals surface area contributed by atoms with E-state index in [0.717, 1.165) is 41.9 Å². The molecular weight excluding hydrogens is 252 g/mol. The first kappa shape index (κ1) is 14.4. The van der Waals surface area contributed by atoms with Gasteiger partial charge >= 0.3 is 5.97 Å². The maximum atomic E-state index is 12.1. The summed E-state index contributed by atoms with van der Waals surface area (Å²) in [5.74, 6) is 1.26. The van der Waals surface area contributed by atoms with Crippen LogP contribution in [0.4, 0.5) is 0 Å². The van der Waals surface area contributed by atoms with Crippen molar-refractivity contribution in [1.82, 2.24) is 0 Å². The highest BCUT2D eigenvalue weighted by atomic mass is 16.5. The first-order chi connectivity index (χ1) is 9.71. The van der Waals surface area contributed by atoms with E-state index in [1.807, 2.05) is 37.3 Å². The molecule has 3 heteroatoms. The molecule has 20 heavy (non-hydrogen) atoms. The predicted octanol–water partition coefficient (Wildman–Crippen LogP) is 4.10. The van der Waals surface area contributed by atoms with Gasteiger partial charge in [-0.2, -0.15) is 0 Å². The highest BCUT2D eigenvalue weighted by Gasteiger charge is 2.29. The first-order valence-corrected chi connectivity index (χ1v) is 7.01. The van der Waals surface area contributed by atoms with Gasteiger partial charge in [-0.25, -0.2) is 4.79 Å². The van der Waals surface area contributed by atoms with Crippen LogP contribution in [0, 0.1) is 0 Å². The van der Waals surface area contributed by atoms with Crippen LogP contribution in [0.2, 0.25) is 0 Å². The van der Waals surface area contributed by atoms with Crippen molar-refractivity contribution >= 4 is 11.5 Å². The number of methoxy groups -OCH3 is 1. The summed E-state index contributed by atoms with van der Waals surface area (Å²) in [6.07, 6.45) is 4.65. The van der Waals surface area contributed by atoms with E-state index in [1.54, 1.807) is 7.11 Å². The van der Waals surface area contributed by atoms with Gasteiger partial charge in [-0.15, -0.1) is 0 Å². The highest BCUT2D eigenvalue weighted by Crippen LogP contribution is 2.36. The Balaban J connectivity index is 2.47. The SMILES string of the molecule is CC/C=C1\OC(=O)C(c2ccc(OC)cc2)=C1CCC. The van der Waals surface area contributed by atoms with Crippen molar-refractivity contribution in [2.75, 3.05) is 7.11 Å². The van der Waals surface area contributed by atoms with Gasteiger partial charge in [0, 0.05) is 5.57 Å². The van der Waals surface area contributed by atoms with E-state index in [0.29, 0.717) is 5.57 Å². The summed E-state index contributed by atoms with van der Waals surface area (Å²) in [5.41, 5.74) is 2.59. The van der Waals surface area contributed by atoms with Crippen LogP contribution >= 0.6 is 0 Å². The van der Waals surface area contributed by atoms with Gasteiger partial charge in [0.05, 0.1) is 12.7 Å². The molecule has 106 valence electrons. The highest BCUT2D eigenvalue weighted by molar-refractivity contribution is 6.21. The topological polar surface area (TPSA) is 35.5 Å². The zero-order chi connectivity index (χ0) is 14.5. The van der Waals surface area contributed by atoms with Gasteiger partial charge in [0.25, 0.3) is 0 Å². The van der Waals surface area contributed by atoms with Crippen molar-refractivity contribution in [1.29, 1.82) is 0 Å². The Labute approximate surface area is 119 Å². The number of hydrogen-bond acceptors (Lipinski definition) is 3. The number of benzene rings is 1. The number of carbonyl (C=O) groups is 1. The summed E-state index contributed by atoms with van der Waals surface area (Å²) < 4.78 is 10.6. The summed E-state index contributed by atoms with van der Waals surface area (Å²) in [4.78, 5) is 12.1. The molecule has 0 N–H and O–H groups in total. The Hall–Kier alpha value is -2.03. The van der Waals surface area contributed by atoms with E-state index in [1.165, 1.54) is 0 Å². The van der Waals surface area contributed by atoms with Gasteiger partial charge in [-0.1, -0.05) is 32.4 Å². The molecule has 0 saturated heterocycles. The van der Waals surface area contributed by atoms with Gasteiger partial charge in [0.2, 0.25) is 0 Å². The Morgan fingerprint density at radius 3 is 2.45 bits per heavy atom. The monoisotopic (exact) mass is 272 g/mol. The van der Waals surface area contributed by atoms with Crippen LogP contribution in [0.3, 0.4) is 0 Å². The Bertz CT molecular complexity index is 550. The predicted molar refractivity (Wildman–Crippen MR) is 79.3 cm³/mol. The van der Waals surface area contributed by atoms with Gasteiger partial charge in [0.15, 0.2) is 0 Å². The molecule has 0 bridgehead atoms. The van der Waals surface area contributed by atoms with Crippen molar-refractivity contribution in [3.05, 3.63) is 47.2 Å². The van der Waals surface area contributed by atoms with Gasteiger partial charge in [-0.05, 0) is 36.6 Å². The molecule has 1 heterocycles. The second-order valence-corrected chi connectivity index (χ2v) is 4.70. The molecular formula is C17H20O3. The van der Waals surface area contributed by atoms with Crippen LogP contribution in [-0.4, -0.2) is 13.1 Å². The molecule has 0 atom stereocenters. The largest absolute Gasteiger partial charge is 0.497 e. The fourth-order valence-corrected chi connectivity index (χ4v) is 2.36. The second kappa shape index (κ2) is 6.42. The van der Waals surface area contributed by atoms with Crippen LogP contribution in [0.1, 0.15) is 38.7 Å². The molecule has 0 amide bonds. The van der Waals surface area contributed by atoms with E-state index >= 15 is 0 Å². The number of ether oxygens (including phenoxy) is 2. The second-order valence-electron chi connectivity index (χ2n) is 4.70. The van der Waals surface area contributed by atoms with Crippen LogP contribution in [-0.2, 0) is 9.53 Å². The van der Waals surface area contributed by atoms with Crippen LogP contribution < -0.4 is 4.74 Å². The van der Waals surface area contributed by atoms with Crippen LogP contribution in [0.15, 0.2) is 41.7 Å². The molecule has 0 radical (unpaired) electrons. The zero-order valence-corrected chi connectivity index (χ0v) is 12.2. The standard InChI is InChI=1S/C17H20O3/c1-4-6-14-15(7-5-2)20-17(18)16(14)12-8-10-13(19-3)11-9-12/h7-11H,4-6H2,1-3H3/b15-7-. The molecule has 1 aliphatic heterocycles. The third-order valence-corrected chi connectivity index (χ3v) is 3.27. The van der Waals surface area contributed by atoms with E-state index in [-0.39, 0.29) is 5.97 Å².